The lowest BCUT2D eigenvalue weighted by molar-refractivity contribution is 0.0951. The Bertz CT molecular complexity index is 1060. The van der Waals surface area contributed by atoms with Crippen LogP contribution in [0.15, 0.2) is 77.3 Å². The Kier molecular flexibility index (Phi) is 4.19. The second-order valence-corrected chi connectivity index (χ2v) is 5.92. The largest absolute Gasteiger partial charge is 0.355 e. The Hall–Kier alpha value is -3.47. The average molecular weight is 346 g/mol. The fraction of sp³-hybridized carbons (Fsp3) is 0.0476. The minimum Gasteiger partial charge on any atom is -0.355 e. The van der Waals surface area contributed by atoms with Crippen molar-refractivity contribution in [3.63, 3.8) is 0 Å². The average Bonchev–Trinajstić information content (AvgIpc) is 3.11. The molecule has 0 aliphatic carbocycles. The van der Waals surface area contributed by atoms with Crippen molar-refractivity contribution in [3.05, 3.63) is 89.7 Å². The first-order valence-corrected chi connectivity index (χ1v) is 8.18. The monoisotopic (exact) mass is 346 g/mol. The number of fused-ring (bicyclic) bond motifs is 1. The van der Waals surface area contributed by atoms with Crippen LogP contribution in [0.2, 0.25) is 0 Å². The smallest absolute Gasteiger partial charge is 0.251 e. The van der Waals surface area contributed by atoms with Gasteiger partial charge in [-0.1, -0.05) is 47.6 Å². The lowest BCUT2D eigenvalue weighted by Gasteiger charge is -2.06. The van der Waals surface area contributed by atoms with E-state index < -0.39 is 0 Å². The molecule has 0 aliphatic heterocycles. The summed E-state index contributed by atoms with van der Waals surface area (Å²) in [5.74, 6) is 0.122. The zero-order valence-electron chi connectivity index (χ0n) is 13.8. The van der Waals surface area contributed by atoms with Crippen LogP contribution in [0.5, 0.6) is 0 Å². The highest BCUT2D eigenvalue weighted by molar-refractivity contribution is 6.00. The van der Waals surface area contributed by atoms with Gasteiger partial charge < -0.3 is 9.84 Å². The minimum absolute atomic E-state index is 0.212. The second-order valence-electron chi connectivity index (χ2n) is 5.92. The van der Waals surface area contributed by atoms with E-state index in [4.69, 9.17) is 4.52 Å². The van der Waals surface area contributed by atoms with Gasteiger partial charge in [0, 0.05) is 17.7 Å². The summed E-state index contributed by atoms with van der Waals surface area (Å²) in [4.78, 5) is 12.5. The molecule has 1 N–H and O–H groups in total. The molecule has 0 bridgehead atoms. The van der Waals surface area contributed by atoms with Gasteiger partial charge in [-0.2, -0.15) is 0 Å². The molecule has 4 aromatic rings. The summed E-state index contributed by atoms with van der Waals surface area (Å²) >= 11 is 0. The second kappa shape index (κ2) is 6.80. The van der Waals surface area contributed by atoms with Crippen molar-refractivity contribution < 1.29 is 13.7 Å². The van der Waals surface area contributed by atoms with Crippen LogP contribution in [0.1, 0.15) is 15.9 Å². The highest BCUT2D eigenvalue weighted by Crippen LogP contribution is 2.29. The summed E-state index contributed by atoms with van der Waals surface area (Å²) in [6, 6.07) is 20.9. The van der Waals surface area contributed by atoms with Crippen molar-refractivity contribution in [1.29, 1.82) is 0 Å². The molecule has 0 saturated carbocycles. The molecule has 0 aliphatic rings. The summed E-state index contributed by atoms with van der Waals surface area (Å²) < 4.78 is 18.4. The number of benzene rings is 3. The van der Waals surface area contributed by atoms with Gasteiger partial charge in [0.15, 0.2) is 5.76 Å². The lowest BCUT2D eigenvalue weighted by Crippen LogP contribution is -2.22. The molecular formula is C21H15FN2O2. The third-order valence-corrected chi connectivity index (χ3v) is 4.14. The molecule has 1 heterocycles. The van der Waals surface area contributed by atoms with E-state index in [1.165, 1.54) is 12.1 Å². The van der Waals surface area contributed by atoms with Crippen LogP contribution in [0.4, 0.5) is 4.39 Å². The van der Waals surface area contributed by atoms with Crippen LogP contribution in [0.3, 0.4) is 0 Å². The van der Waals surface area contributed by atoms with Crippen LogP contribution in [-0.2, 0) is 6.54 Å². The zero-order chi connectivity index (χ0) is 17.9. The van der Waals surface area contributed by atoms with Crippen molar-refractivity contribution in [3.8, 4) is 11.3 Å². The van der Waals surface area contributed by atoms with E-state index in [9.17, 15) is 9.18 Å². The number of carbonyl (C=O) groups excluding carboxylic acids is 1. The van der Waals surface area contributed by atoms with Crippen molar-refractivity contribution in [2.45, 2.75) is 6.54 Å². The fourth-order valence-electron chi connectivity index (χ4n) is 2.77. The Morgan fingerprint density at radius 3 is 2.54 bits per heavy atom. The van der Waals surface area contributed by atoms with Crippen molar-refractivity contribution >= 4 is 16.8 Å². The molecule has 0 spiro atoms. The van der Waals surface area contributed by atoms with Crippen LogP contribution >= 0.6 is 0 Å². The number of nitrogens with one attached hydrogen (secondary N) is 1. The highest BCUT2D eigenvalue weighted by Gasteiger charge is 2.13. The van der Waals surface area contributed by atoms with E-state index in [0.29, 0.717) is 23.4 Å². The van der Waals surface area contributed by atoms with Crippen LogP contribution < -0.4 is 5.32 Å². The van der Waals surface area contributed by atoms with Gasteiger partial charge in [0.25, 0.3) is 5.91 Å². The van der Waals surface area contributed by atoms with E-state index in [1.54, 1.807) is 30.3 Å². The molecule has 0 fully saturated rings. The van der Waals surface area contributed by atoms with Gasteiger partial charge in [0.2, 0.25) is 0 Å². The fourth-order valence-corrected chi connectivity index (χ4v) is 2.77. The first-order valence-electron chi connectivity index (χ1n) is 8.18. The number of amides is 1. The van der Waals surface area contributed by atoms with Crippen LogP contribution in [0.25, 0.3) is 22.2 Å². The van der Waals surface area contributed by atoms with Gasteiger partial charge in [-0.05, 0) is 35.9 Å². The van der Waals surface area contributed by atoms with Crippen molar-refractivity contribution in [2.24, 2.45) is 0 Å². The quantitative estimate of drug-likeness (QED) is 0.589. The summed E-state index contributed by atoms with van der Waals surface area (Å²) in [5.41, 5.74) is 2.94. The predicted octanol–water partition coefficient (Wildman–Crippen LogP) is 4.56. The van der Waals surface area contributed by atoms with Gasteiger partial charge in [0.1, 0.15) is 11.3 Å². The first-order chi connectivity index (χ1) is 12.7. The molecule has 0 radical (unpaired) electrons. The minimum atomic E-state index is -0.300. The topological polar surface area (TPSA) is 55.1 Å². The molecule has 26 heavy (non-hydrogen) atoms. The molecule has 0 unspecified atom stereocenters. The third-order valence-electron chi connectivity index (χ3n) is 4.14. The van der Waals surface area contributed by atoms with Gasteiger partial charge >= 0.3 is 0 Å². The molecule has 1 amide bonds. The molecule has 1 aromatic heterocycles. The number of carbonyl (C=O) groups is 1. The van der Waals surface area contributed by atoms with Gasteiger partial charge in [-0.25, -0.2) is 4.39 Å². The number of rotatable bonds is 4. The maximum atomic E-state index is 12.9. The Morgan fingerprint density at radius 2 is 1.77 bits per heavy atom. The summed E-state index contributed by atoms with van der Waals surface area (Å²) in [6.07, 6.45) is 0. The predicted molar refractivity (Wildman–Crippen MR) is 97.0 cm³/mol. The maximum Gasteiger partial charge on any atom is 0.251 e. The van der Waals surface area contributed by atoms with Crippen molar-refractivity contribution in [1.82, 2.24) is 10.5 Å². The normalized spacial score (nSPS) is 10.8. The number of nitrogens with zero attached hydrogens (tertiary/aromatic N) is 1. The summed E-state index contributed by atoms with van der Waals surface area (Å²) in [5, 5.41) is 7.68. The van der Waals surface area contributed by atoms with Crippen LogP contribution in [-0.4, -0.2) is 11.1 Å². The highest BCUT2D eigenvalue weighted by atomic mass is 19.1. The molecule has 4 rings (SSSR count). The van der Waals surface area contributed by atoms with E-state index in [0.717, 1.165) is 16.5 Å². The third kappa shape index (κ3) is 3.19. The zero-order valence-corrected chi connectivity index (χ0v) is 13.8. The van der Waals surface area contributed by atoms with E-state index in [2.05, 4.69) is 10.5 Å². The summed E-state index contributed by atoms with van der Waals surface area (Å²) in [6.45, 7) is 0.326. The number of hydrogen-bond acceptors (Lipinski definition) is 3. The standard InChI is InChI=1S/C21H15FN2O2/c22-17-9-6-14(7-10-17)13-23-21(25)16-8-11-19-18(12-16)20(26-24-19)15-4-2-1-3-5-15/h1-12H,13H2,(H,23,25). The molecule has 0 atom stereocenters. The van der Waals surface area contributed by atoms with E-state index in [-0.39, 0.29) is 11.7 Å². The van der Waals surface area contributed by atoms with Gasteiger partial charge in [0.05, 0.1) is 5.39 Å². The number of halogens is 1. The molecule has 128 valence electrons. The Labute approximate surface area is 149 Å². The molecule has 0 saturated heterocycles. The van der Waals surface area contributed by atoms with E-state index >= 15 is 0 Å². The van der Waals surface area contributed by atoms with Gasteiger partial charge in [-0.15, -0.1) is 0 Å². The molecular weight excluding hydrogens is 331 g/mol. The first kappa shape index (κ1) is 16.0. The molecule has 4 nitrogen and oxygen atoms in total. The van der Waals surface area contributed by atoms with Crippen LogP contribution in [0, 0.1) is 5.82 Å². The van der Waals surface area contributed by atoms with E-state index in [1.807, 2.05) is 30.3 Å². The number of hydrogen-bond donors (Lipinski definition) is 1. The maximum absolute atomic E-state index is 12.9. The molecule has 5 heteroatoms. The Balaban J connectivity index is 1.58. The Morgan fingerprint density at radius 1 is 1.00 bits per heavy atom. The van der Waals surface area contributed by atoms with Gasteiger partial charge in [-0.3, -0.25) is 4.79 Å². The lowest BCUT2D eigenvalue weighted by atomic mass is 10.1. The summed E-state index contributed by atoms with van der Waals surface area (Å²) in [7, 11) is 0. The molecule has 3 aromatic carbocycles. The SMILES string of the molecule is O=C(NCc1ccc(F)cc1)c1ccc2noc(-c3ccccc3)c2c1. The van der Waals surface area contributed by atoms with Crippen molar-refractivity contribution in [2.75, 3.05) is 0 Å². The number of aromatic nitrogens is 1.